The fourth-order valence-corrected chi connectivity index (χ4v) is 4.10. The molecular formula is C18H18ClFN5Na2O11P. The first kappa shape index (κ1) is 35.9. The van der Waals surface area contributed by atoms with Gasteiger partial charge in [-0.2, -0.15) is 0 Å². The molecule has 0 saturated carbocycles. The summed E-state index contributed by atoms with van der Waals surface area (Å²) in [4.78, 5) is 49.0. The van der Waals surface area contributed by atoms with Gasteiger partial charge in [0.05, 0.1) is 21.0 Å². The van der Waals surface area contributed by atoms with E-state index in [2.05, 4.69) is 14.5 Å². The van der Waals surface area contributed by atoms with Crippen LogP contribution in [-0.4, -0.2) is 60.9 Å². The summed E-state index contributed by atoms with van der Waals surface area (Å²) in [6.45, 7) is -0.921. The predicted octanol–water partition coefficient (Wildman–Crippen LogP) is -9.20. The van der Waals surface area contributed by atoms with Gasteiger partial charge in [0.2, 0.25) is 17.9 Å². The monoisotopic (exact) mass is 611 g/mol. The van der Waals surface area contributed by atoms with Crippen molar-refractivity contribution < 1.29 is 117 Å². The van der Waals surface area contributed by atoms with Crippen molar-refractivity contribution in [3.05, 3.63) is 51.3 Å². The summed E-state index contributed by atoms with van der Waals surface area (Å²) < 4.78 is 36.7. The second kappa shape index (κ2) is 14.7. The number of phosphoric acid groups is 1. The molecule has 39 heavy (non-hydrogen) atoms. The number of benzene rings is 1. The van der Waals surface area contributed by atoms with Gasteiger partial charge in [0.25, 0.3) is 11.5 Å². The molecule has 3 aromatic rings. The second-order valence-corrected chi connectivity index (χ2v) is 9.12. The number of aliphatic hydroxyl groups is 2. The SMILES string of the molecule is Nc1nc2c(c(=O)[nH]1)n(Cc1cc(F)ccc1Cl)c[n+]2[C@@H]1O[C@H](COP(=O)([O-])[O-])[C@@H](O)[C@H]1O.O=C([O-])O.[Na+].[Na+]. The first-order chi connectivity index (χ1) is 17.2. The number of ether oxygens (including phenoxy) is 1. The van der Waals surface area contributed by atoms with Crippen LogP contribution in [0, 0.1) is 5.82 Å². The molecule has 0 aliphatic carbocycles. The van der Waals surface area contributed by atoms with Gasteiger partial charge in [0.1, 0.15) is 24.1 Å². The molecule has 16 nitrogen and oxygen atoms in total. The Morgan fingerprint density at radius 1 is 1.33 bits per heavy atom. The normalized spacial score (nSPS) is 20.5. The van der Waals surface area contributed by atoms with E-state index in [1.165, 1.54) is 33.7 Å². The van der Waals surface area contributed by atoms with E-state index < -0.39 is 56.5 Å². The Kier molecular flexibility index (Phi) is 13.5. The molecule has 6 N–H and O–H groups in total. The van der Waals surface area contributed by atoms with Crippen molar-refractivity contribution in [1.82, 2.24) is 14.5 Å². The number of carbonyl (C=O) groups is 1. The first-order valence-electron chi connectivity index (χ1n) is 9.99. The number of rotatable bonds is 6. The first-order valence-corrected chi connectivity index (χ1v) is 11.8. The van der Waals surface area contributed by atoms with Crippen molar-refractivity contribution in [3.8, 4) is 0 Å². The summed E-state index contributed by atoms with van der Waals surface area (Å²) in [5, 5.41) is 36.3. The Hall–Kier alpha value is -1.15. The van der Waals surface area contributed by atoms with E-state index >= 15 is 0 Å². The van der Waals surface area contributed by atoms with Gasteiger partial charge in [-0.1, -0.05) is 16.6 Å². The summed E-state index contributed by atoms with van der Waals surface area (Å²) in [6.07, 6.45) is -6.79. The molecule has 2 aromatic heterocycles. The summed E-state index contributed by atoms with van der Waals surface area (Å²) >= 11 is 6.14. The molecule has 0 amide bonds. The third kappa shape index (κ3) is 9.17. The summed E-state index contributed by atoms with van der Waals surface area (Å²) in [5.74, 6) is -0.807. The molecule has 3 heterocycles. The molecule has 4 rings (SSSR count). The topological polar surface area (TPSA) is 263 Å². The number of imidazole rings is 1. The number of H-pyrrole nitrogens is 1. The Morgan fingerprint density at radius 3 is 2.54 bits per heavy atom. The molecular weight excluding hydrogens is 594 g/mol. The number of aromatic amines is 1. The van der Waals surface area contributed by atoms with Crippen LogP contribution in [0.4, 0.5) is 15.1 Å². The van der Waals surface area contributed by atoms with Gasteiger partial charge < -0.3 is 54.6 Å². The molecule has 0 unspecified atom stereocenters. The maximum atomic E-state index is 13.7. The zero-order chi connectivity index (χ0) is 27.7. The van der Waals surface area contributed by atoms with E-state index in [4.69, 9.17) is 37.1 Å². The molecule has 0 bridgehead atoms. The molecule has 1 saturated heterocycles. The third-order valence-electron chi connectivity index (χ3n) is 5.05. The van der Waals surface area contributed by atoms with E-state index in [0.29, 0.717) is 5.56 Å². The number of phosphoric ester groups is 1. The molecule has 21 heteroatoms. The van der Waals surface area contributed by atoms with Gasteiger partial charge in [-0.15, -0.1) is 0 Å². The smallest absolute Gasteiger partial charge is 0.790 e. The number of aromatic nitrogens is 4. The van der Waals surface area contributed by atoms with Crippen molar-refractivity contribution in [1.29, 1.82) is 0 Å². The molecule has 1 aliphatic rings. The largest absolute Gasteiger partial charge is 1.00 e. The number of hydrogen-bond donors (Lipinski definition) is 5. The average molecular weight is 612 g/mol. The van der Waals surface area contributed by atoms with Gasteiger partial charge in [0.15, 0.2) is 6.33 Å². The van der Waals surface area contributed by atoms with Crippen molar-refractivity contribution in [2.45, 2.75) is 31.1 Å². The van der Waals surface area contributed by atoms with Gasteiger partial charge in [-0.25, -0.2) is 8.96 Å². The minimum atomic E-state index is -5.35. The minimum absolute atomic E-state index is 0. The number of nitrogens with two attached hydrogens (primary N) is 1. The van der Waals surface area contributed by atoms with Crippen LogP contribution in [0.5, 0.6) is 0 Å². The zero-order valence-corrected chi connectivity index (χ0v) is 25.9. The second-order valence-electron chi connectivity index (χ2n) is 7.56. The molecule has 4 atom stereocenters. The van der Waals surface area contributed by atoms with Crippen LogP contribution in [0.25, 0.3) is 11.2 Å². The Labute approximate surface area is 267 Å². The quantitative estimate of drug-likeness (QED) is 0.0986. The van der Waals surface area contributed by atoms with E-state index in [9.17, 15) is 33.7 Å². The maximum absolute atomic E-state index is 13.7. The molecule has 1 aromatic carbocycles. The van der Waals surface area contributed by atoms with E-state index in [-0.39, 0.29) is 87.8 Å². The number of hydrogen-bond acceptors (Lipinski definition) is 12. The van der Waals surface area contributed by atoms with E-state index in [0.717, 1.165) is 0 Å². The van der Waals surface area contributed by atoms with E-state index in [1.807, 2.05) is 0 Å². The number of fused-ring (bicyclic) bond motifs is 1. The van der Waals surface area contributed by atoms with Crippen LogP contribution < -0.4 is 89.9 Å². The molecule has 202 valence electrons. The number of aliphatic hydroxyl groups excluding tert-OH is 2. The number of nitrogens with one attached hydrogen (secondary N) is 1. The van der Waals surface area contributed by atoms with Gasteiger partial charge >= 0.3 is 64.8 Å². The standard InChI is InChI=1S/C17H18ClFN5O8P.CH2O3.2Na/c18-9-2-1-8(19)3-7(9)4-23-6-24(14-11(23)15(27)22-17(20)21-14)16-13(26)12(25)10(32-16)5-31-33(28,29)30;2-1(3)4;;/h1-3,6,10,12-13,16,25-26H,4-5H2,(H4-,20,21,22,27,28,29,30);(H2,2,3,4);;/q;;2*+1/p-2/t10-,12-,13-,16-;;;/m1.../s1. The molecule has 1 fully saturated rings. The summed E-state index contributed by atoms with van der Waals surface area (Å²) in [6, 6.07) is 3.70. The number of carboxylic acid groups (broad SMARTS) is 2. The average Bonchev–Trinajstić information content (AvgIpc) is 3.26. The summed E-state index contributed by atoms with van der Waals surface area (Å²) in [5.41, 5.74) is 5.24. The fraction of sp³-hybridized carbons (Fsp3) is 0.333. The van der Waals surface area contributed by atoms with Crippen molar-refractivity contribution >= 4 is 42.7 Å². The van der Waals surface area contributed by atoms with Crippen LogP contribution in [0.15, 0.2) is 29.3 Å². The minimum Gasteiger partial charge on any atom is -0.790 e. The van der Waals surface area contributed by atoms with E-state index in [1.54, 1.807) is 0 Å². The van der Waals surface area contributed by atoms with Gasteiger partial charge in [-0.3, -0.25) is 14.3 Å². The van der Waals surface area contributed by atoms with Crippen LogP contribution in [-0.2, 0) is 20.4 Å². The molecule has 1 aliphatic heterocycles. The summed E-state index contributed by atoms with van der Waals surface area (Å²) in [7, 11) is -5.35. The number of nitrogen functional groups attached to an aromatic ring is 1. The Morgan fingerprint density at radius 2 is 1.95 bits per heavy atom. The predicted molar refractivity (Wildman–Crippen MR) is 113 cm³/mol. The van der Waals surface area contributed by atoms with Gasteiger partial charge in [-0.05, 0) is 18.2 Å². The zero-order valence-electron chi connectivity index (χ0n) is 20.3. The van der Waals surface area contributed by atoms with Crippen LogP contribution in [0.1, 0.15) is 11.8 Å². The number of halogens is 2. The number of nitrogens with zero attached hydrogens (tertiary/aromatic N) is 3. The van der Waals surface area contributed by atoms with Crippen molar-refractivity contribution in [2.24, 2.45) is 0 Å². The van der Waals surface area contributed by atoms with Crippen LogP contribution in [0.2, 0.25) is 5.02 Å². The van der Waals surface area contributed by atoms with Gasteiger partial charge in [0, 0.05) is 10.6 Å². The fourth-order valence-electron chi connectivity index (χ4n) is 3.59. The van der Waals surface area contributed by atoms with Crippen molar-refractivity contribution in [2.75, 3.05) is 12.3 Å². The van der Waals surface area contributed by atoms with Crippen LogP contribution in [0.3, 0.4) is 0 Å². The Balaban J connectivity index is 0.00000119. The third-order valence-corrected chi connectivity index (χ3v) is 5.88. The molecule has 0 spiro atoms. The number of anilines is 1. The van der Waals surface area contributed by atoms with Crippen LogP contribution >= 0.6 is 19.4 Å². The molecule has 0 radical (unpaired) electrons. The van der Waals surface area contributed by atoms with Crippen molar-refractivity contribution in [3.63, 3.8) is 0 Å². The Bertz CT molecular complexity index is 1420. The maximum Gasteiger partial charge on any atom is 1.00 e.